The number of rotatable bonds is 6. The van der Waals surface area contributed by atoms with Crippen LogP contribution in [0, 0.1) is 13.8 Å². The van der Waals surface area contributed by atoms with Gasteiger partial charge in [0.2, 0.25) is 0 Å². The van der Waals surface area contributed by atoms with Crippen LogP contribution in [0.3, 0.4) is 0 Å². The lowest BCUT2D eigenvalue weighted by atomic mass is 9.97. The molecule has 0 aliphatic carbocycles. The Morgan fingerprint density at radius 2 is 1.59 bits per heavy atom. The van der Waals surface area contributed by atoms with E-state index in [9.17, 15) is 4.79 Å². The second kappa shape index (κ2) is 8.54. The minimum atomic E-state index is -0.203. The van der Waals surface area contributed by atoms with Crippen molar-refractivity contribution in [3.05, 3.63) is 101 Å². The predicted octanol–water partition coefficient (Wildman–Crippen LogP) is 5.22. The van der Waals surface area contributed by atoms with Crippen molar-refractivity contribution in [2.75, 3.05) is 6.61 Å². The first-order valence-electron chi connectivity index (χ1n) is 9.24. The molecule has 3 aromatic carbocycles. The molecular formula is C24H25NO2. The van der Waals surface area contributed by atoms with Gasteiger partial charge in [-0.15, -0.1) is 0 Å². The van der Waals surface area contributed by atoms with E-state index in [0.717, 1.165) is 22.4 Å². The second-order valence-corrected chi connectivity index (χ2v) is 6.64. The van der Waals surface area contributed by atoms with E-state index in [4.69, 9.17) is 4.74 Å². The van der Waals surface area contributed by atoms with Gasteiger partial charge in [0.25, 0.3) is 5.91 Å². The number of nitrogens with one attached hydrogen (secondary N) is 1. The molecule has 1 N–H and O–H groups in total. The van der Waals surface area contributed by atoms with Gasteiger partial charge in [-0.05, 0) is 55.7 Å². The molecule has 0 radical (unpaired) electrons. The third-order valence-electron chi connectivity index (χ3n) is 4.56. The molecule has 1 atom stereocenters. The van der Waals surface area contributed by atoms with Gasteiger partial charge in [0.1, 0.15) is 5.75 Å². The molecule has 1 amide bonds. The Balaban J connectivity index is 1.89. The van der Waals surface area contributed by atoms with Crippen LogP contribution in [0.25, 0.3) is 0 Å². The Kier molecular flexibility index (Phi) is 5.92. The number of benzene rings is 3. The Hall–Kier alpha value is -3.07. The summed E-state index contributed by atoms with van der Waals surface area (Å²) < 4.78 is 5.57. The average Bonchev–Trinajstić information content (AvgIpc) is 2.69. The van der Waals surface area contributed by atoms with Gasteiger partial charge in [-0.3, -0.25) is 4.79 Å². The van der Waals surface area contributed by atoms with Crippen LogP contribution in [-0.4, -0.2) is 12.5 Å². The third kappa shape index (κ3) is 4.56. The molecule has 0 aromatic heterocycles. The number of ether oxygens (including phenoxy) is 1. The topological polar surface area (TPSA) is 38.3 Å². The van der Waals surface area contributed by atoms with Gasteiger partial charge < -0.3 is 10.1 Å². The zero-order valence-corrected chi connectivity index (χ0v) is 16.0. The summed E-state index contributed by atoms with van der Waals surface area (Å²) in [4.78, 5) is 12.9. The van der Waals surface area contributed by atoms with E-state index in [2.05, 4.69) is 36.5 Å². The molecule has 27 heavy (non-hydrogen) atoms. The van der Waals surface area contributed by atoms with Crippen molar-refractivity contribution in [2.45, 2.75) is 26.8 Å². The largest absolute Gasteiger partial charge is 0.494 e. The van der Waals surface area contributed by atoms with Crippen molar-refractivity contribution >= 4 is 5.91 Å². The van der Waals surface area contributed by atoms with Crippen LogP contribution in [0.1, 0.15) is 45.6 Å². The molecule has 138 valence electrons. The van der Waals surface area contributed by atoms with E-state index in [0.29, 0.717) is 12.2 Å². The fourth-order valence-corrected chi connectivity index (χ4v) is 3.09. The maximum atomic E-state index is 12.9. The number of hydrogen-bond acceptors (Lipinski definition) is 2. The highest BCUT2D eigenvalue weighted by Crippen LogP contribution is 2.24. The van der Waals surface area contributed by atoms with Gasteiger partial charge in [-0.25, -0.2) is 0 Å². The average molecular weight is 359 g/mol. The van der Waals surface area contributed by atoms with Crippen LogP contribution < -0.4 is 10.1 Å². The summed E-state index contributed by atoms with van der Waals surface area (Å²) in [6.07, 6.45) is 0. The summed E-state index contributed by atoms with van der Waals surface area (Å²) >= 11 is 0. The summed E-state index contributed by atoms with van der Waals surface area (Å²) in [7, 11) is 0. The number of carbonyl (C=O) groups is 1. The lowest BCUT2D eigenvalue weighted by Gasteiger charge is -2.20. The molecule has 0 saturated carbocycles. The molecule has 1 unspecified atom stereocenters. The first-order valence-corrected chi connectivity index (χ1v) is 9.24. The first kappa shape index (κ1) is 18.7. The molecule has 0 spiro atoms. The fraction of sp³-hybridized carbons (Fsp3) is 0.208. The first-order chi connectivity index (χ1) is 13.1. The van der Waals surface area contributed by atoms with Gasteiger partial charge in [-0.2, -0.15) is 0 Å². The van der Waals surface area contributed by atoms with Gasteiger partial charge in [0.05, 0.1) is 12.6 Å². The summed E-state index contributed by atoms with van der Waals surface area (Å²) in [5, 5.41) is 3.18. The van der Waals surface area contributed by atoms with E-state index in [1.807, 2.05) is 62.4 Å². The molecular weight excluding hydrogens is 334 g/mol. The molecule has 0 saturated heterocycles. The summed E-state index contributed by atoms with van der Waals surface area (Å²) in [5.41, 5.74) is 4.89. The Morgan fingerprint density at radius 1 is 0.926 bits per heavy atom. The van der Waals surface area contributed by atoms with Crippen molar-refractivity contribution in [1.82, 2.24) is 5.32 Å². The van der Waals surface area contributed by atoms with Crippen LogP contribution in [-0.2, 0) is 0 Å². The molecule has 0 heterocycles. The van der Waals surface area contributed by atoms with Crippen LogP contribution in [0.2, 0.25) is 0 Å². The van der Waals surface area contributed by atoms with Gasteiger partial charge in [-0.1, -0.05) is 60.2 Å². The monoisotopic (exact) mass is 359 g/mol. The molecule has 3 nitrogen and oxygen atoms in total. The SMILES string of the molecule is CCOc1ccc(C(=O)NC(c2ccccc2)c2ccc(C)cc2)cc1C. The Morgan fingerprint density at radius 3 is 2.22 bits per heavy atom. The lowest BCUT2D eigenvalue weighted by molar-refractivity contribution is 0.0943. The number of carbonyl (C=O) groups excluding carboxylic acids is 1. The maximum absolute atomic E-state index is 12.9. The second-order valence-electron chi connectivity index (χ2n) is 6.64. The maximum Gasteiger partial charge on any atom is 0.252 e. The molecule has 0 aliphatic heterocycles. The highest BCUT2D eigenvalue weighted by atomic mass is 16.5. The van der Waals surface area contributed by atoms with Crippen molar-refractivity contribution in [2.24, 2.45) is 0 Å². The van der Waals surface area contributed by atoms with Crippen molar-refractivity contribution in [1.29, 1.82) is 0 Å². The summed E-state index contributed by atoms with van der Waals surface area (Å²) in [6.45, 7) is 6.57. The molecule has 0 fully saturated rings. The van der Waals surface area contributed by atoms with Crippen molar-refractivity contribution in [3.8, 4) is 5.75 Å². The number of hydrogen-bond donors (Lipinski definition) is 1. The lowest BCUT2D eigenvalue weighted by Crippen LogP contribution is -2.29. The zero-order valence-electron chi connectivity index (χ0n) is 16.0. The minimum Gasteiger partial charge on any atom is -0.494 e. The Labute approximate surface area is 161 Å². The van der Waals surface area contributed by atoms with E-state index < -0.39 is 0 Å². The predicted molar refractivity (Wildman–Crippen MR) is 109 cm³/mol. The summed E-state index contributed by atoms with van der Waals surface area (Å²) in [5.74, 6) is 0.711. The molecule has 0 bridgehead atoms. The molecule has 0 aliphatic rings. The van der Waals surface area contributed by atoms with Gasteiger partial charge >= 0.3 is 0 Å². The molecule has 3 aromatic rings. The quantitative estimate of drug-likeness (QED) is 0.655. The number of amides is 1. The normalized spacial score (nSPS) is 11.7. The fourth-order valence-electron chi connectivity index (χ4n) is 3.09. The standard InChI is InChI=1S/C24H25NO2/c1-4-27-22-15-14-21(16-18(22)3)24(26)25-23(19-8-6-5-7-9-19)20-12-10-17(2)11-13-20/h5-16,23H,4H2,1-3H3,(H,25,26). The van der Waals surface area contributed by atoms with Crippen LogP contribution in [0.4, 0.5) is 0 Å². The number of aryl methyl sites for hydroxylation is 2. The van der Waals surface area contributed by atoms with Crippen molar-refractivity contribution < 1.29 is 9.53 Å². The third-order valence-corrected chi connectivity index (χ3v) is 4.56. The smallest absolute Gasteiger partial charge is 0.252 e. The van der Waals surface area contributed by atoms with Crippen LogP contribution in [0.15, 0.2) is 72.8 Å². The Bertz CT molecular complexity index is 901. The van der Waals surface area contributed by atoms with E-state index in [1.54, 1.807) is 0 Å². The highest BCUT2D eigenvalue weighted by Gasteiger charge is 2.18. The van der Waals surface area contributed by atoms with Gasteiger partial charge in [0.15, 0.2) is 0 Å². The van der Waals surface area contributed by atoms with E-state index in [1.165, 1.54) is 5.56 Å². The van der Waals surface area contributed by atoms with E-state index >= 15 is 0 Å². The van der Waals surface area contributed by atoms with Crippen molar-refractivity contribution in [3.63, 3.8) is 0 Å². The molecule has 3 heteroatoms. The van der Waals surface area contributed by atoms with E-state index in [-0.39, 0.29) is 11.9 Å². The zero-order chi connectivity index (χ0) is 19.2. The van der Waals surface area contributed by atoms with Crippen LogP contribution >= 0.6 is 0 Å². The summed E-state index contributed by atoms with van der Waals surface area (Å²) in [6, 6.07) is 23.6. The highest BCUT2D eigenvalue weighted by molar-refractivity contribution is 5.95. The molecule has 3 rings (SSSR count). The van der Waals surface area contributed by atoms with Crippen LogP contribution in [0.5, 0.6) is 5.75 Å². The van der Waals surface area contributed by atoms with Gasteiger partial charge in [0, 0.05) is 5.56 Å². The minimum absolute atomic E-state index is 0.101.